The molecule has 2 heterocycles. The van der Waals surface area contributed by atoms with Crippen molar-refractivity contribution in [2.45, 2.75) is 45.1 Å². The largest absolute Gasteiger partial charge is 0.352 e. The zero-order chi connectivity index (χ0) is 18.4. The molecule has 26 heavy (non-hydrogen) atoms. The molecular formula is C20H25FN4O. The molecule has 0 spiro atoms. The number of hydrogen-bond donors (Lipinski definition) is 1. The molecule has 1 N–H and O–H groups in total. The minimum Gasteiger partial charge on any atom is -0.352 e. The molecule has 3 rings (SSSR count). The van der Waals surface area contributed by atoms with E-state index in [2.05, 4.69) is 27.1 Å². The second kappa shape index (κ2) is 8.74. The number of piperidine rings is 1. The van der Waals surface area contributed by atoms with Crippen LogP contribution in [-0.2, 0) is 6.42 Å². The SMILES string of the molecule is CCC1CCCCN1c1ncc(C(=O)NCCc2ccc(F)cc2)cn1. The van der Waals surface area contributed by atoms with Crippen LogP contribution in [-0.4, -0.2) is 35.0 Å². The summed E-state index contributed by atoms with van der Waals surface area (Å²) in [6.45, 7) is 3.64. The highest BCUT2D eigenvalue weighted by molar-refractivity contribution is 5.93. The van der Waals surface area contributed by atoms with Crippen LogP contribution in [0.3, 0.4) is 0 Å². The summed E-state index contributed by atoms with van der Waals surface area (Å²) in [6, 6.07) is 6.78. The lowest BCUT2D eigenvalue weighted by atomic mass is 10.0. The zero-order valence-electron chi connectivity index (χ0n) is 15.1. The van der Waals surface area contributed by atoms with E-state index in [4.69, 9.17) is 0 Å². The quantitative estimate of drug-likeness (QED) is 0.862. The Hall–Kier alpha value is -2.50. The van der Waals surface area contributed by atoms with Gasteiger partial charge in [0, 0.05) is 31.5 Å². The molecule has 0 radical (unpaired) electrons. The van der Waals surface area contributed by atoms with Crippen LogP contribution in [0.15, 0.2) is 36.7 Å². The molecule has 6 heteroatoms. The van der Waals surface area contributed by atoms with Crippen LogP contribution < -0.4 is 10.2 Å². The summed E-state index contributed by atoms with van der Waals surface area (Å²) in [6.07, 6.45) is 8.50. The van der Waals surface area contributed by atoms with E-state index in [0.717, 1.165) is 24.9 Å². The van der Waals surface area contributed by atoms with Crippen LogP contribution in [0.25, 0.3) is 0 Å². The third-order valence-electron chi connectivity index (χ3n) is 4.87. The van der Waals surface area contributed by atoms with E-state index in [1.165, 1.54) is 25.0 Å². The lowest BCUT2D eigenvalue weighted by molar-refractivity contribution is 0.0953. The van der Waals surface area contributed by atoms with Crippen LogP contribution in [0.1, 0.15) is 48.5 Å². The van der Waals surface area contributed by atoms with Crippen molar-refractivity contribution in [1.29, 1.82) is 0 Å². The normalized spacial score (nSPS) is 17.2. The predicted octanol–water partition coefficient (Wildman–Crippen LogP) is 3.36. The summed E-state index contributed by atoms with van der Waals surface area (Å²) in [5.41, 5.74) is 1.44. The van der Waals surface area contributed by atoms with E-state index >= 15 is 0 Å². The van der Waals surface area contributed by atoms with E-state index in [1.54, 1.807) is 24.5 Å². The molecule has 1 amide bonds. The number of hydrogen-bond acceptors (Lipinski definition) is 4. The molecule has 0 bridgehead atoms. The predicted molar refractivity (Wildman–Crippen MR) is 99.7 cm³/mol. The van der Waals surface area contributed by atoms with Crippen molar-refractivity contribution >= 4 is 11.9 Å². The van der Waals surface area contributed by atoms with Gasteiger partial charge >= 0.3 is 0 Å². The number of carbonyl (C=O) groups excluding carboxylic acids is 1. The molecule has 2 aromatic rings. The number of carbonyl (C=O) groups is 1. The maximum Gasteiger partial charge on any atom is 0.254 e. The van der Waals surface area contributed by atoms with Gasteiger partial charge in [-0.2, -0.15) is 0 Å². The van der Waals surface area contributed by atoms with Gasteiger partial charge in [0.15, 0.2) is 0 Å². The van der Waals surface area contributed by atoms with Crippen molar-refractivity contribution in [1.82, 2.24) is 15.3 Å². The van der Waals surface area contributed by atoms with Crippen molar-refractivity contribution in [3.63, 3.8) is 0 Å². The molecule has 1 aliphatic heterocycles. The molecule has 1 saturated heterocycles. The molecule has 138 valence electrons. The highest BCUT2D eigenvalue weighted by Crippen LogP contribution is 2.23. The number of nitrogens with one attached hydrogen (secondary N) is 1. The number of benzene rings is 1. The first-order valence-electron chi connectivity index (χ1n) is 9.28. The summed E-state index contributed by atoms with van der Waals surface area (Å²) in [7, 11) is 0. The summed E-state index contributed by atoms with van der Waals surface area (Å²) in [5.74, 6) is 0.262. The van der Waals surface area contributed by atoms with Crippen molar-refractivity contribution in [2.24, 2.45) is 0 Å². The van der Waals surface area contributed by atoms with Gasteiger partial charge < -0.3 is 10.2 Å². The fraction of sp³-hybridized carbons (Fsp3) is 0.450. The van der Waals surface area contributed by atoms with Crippen LogP contribution in [0.5, 0.6) is 0 Å². The second-order valence-electron chi connectivity index (χ2n) is 6.66. The van der Waals surface area contributed by atoms with E-state index < -0.39 is 0 Å². The maximum absolute atomic E-state index is 12.9. The first-order valence-corrected chi connectivity index (χ1v) is 9.28. The first-order chi connectivity index (χ1) is 12.7. The Bertz CT molecular complexity index is 718. The van der Waals surface area contributed by atoms with E-state index in [-0.39, 0.29) is 11.7 Å². The first kappa shape index (κ1) is 18.3. The topological polar surface area (TPSA) is 58.1 Å². The molecule has 1 aromatic heterocycles. The summed E-state index contributed by atoms with van der Waals surface area (Å²) in [5, 5.41) is 2.85. The van der Waals surface area contributed by atoms with Gasteiger partial charge in [-0.3, -0.25) is 4.79 Å². The van der Waals surface area contributed by atoms with E-state index in [1.807, 2.05) is 0 Å². The minimum atomic E-state index is -0.256. The summed E-state index contributed by atoms with van der Waals surface area (Å²) < 4.78 is 12.9. The van der Waals surface area contributed by atoms with Gasteiger partial charge in [0.25, 0.3) is 5.91 Å². The highest BCUT2D eigenvalue weighted by atomic mass is 19.1. The molecule has 1 aliphatic rings. The van der Waals surface area contributed by atoms with Crippen LogP contribution >= 0.6 is 0 Å². The smallest absolute Gasteiger partial charge is 0.254 e. The van der Waals surface area contributed by atoms with Gasteiger partial charge in [0.1, 0.15) is 5.82 Å². The summed E-state index contributed by atoms with van der Waals surface area (Å²) in [4.78, 5) is 23.3. The van der Waals surface area contributed by atoms with Gasteiger partial charge in [-0.15, -0.1) is 0 Å². The van der Waals surface area contributed by atoms with Gasteiger partial charge in [0.05, 0.1) is 5.56 Å². The number of nitrogens with zero attached hydrogens (tertiary/aromatic N) is 3. The average Bonchev–Trinajstić information content (AvgIpc) is 2.69. The van der Waals surface area contributed by atoms with E-state index in [9.17, 15) is 9.18 Å². The zero-order valence-corrected chi connectivity index (χ0v) is 15.1. The Morgan fingerprint density at radius 2 is 1.96 bits per heavy atom. The van der Waals surface area contributed by atoms with Crippen molar-refractivity contribution in [2.75, 3.05) is 18.0 Å². The number of anilines is 1. The monoisotopic (exact) mass is 356 g/mol. The standard InChI is InChI=1S/C20H25FN4O/c1-2-18-5-3-4-12-25(18)20-23-13-16(14-24-20)19(26)22-11-10-15-6-8-17(21)9-7-15/h6-9,13-14,18H,2-5,10-12H2,1H3,(H,22,26). The number of rotatable bonds is 6. The minimum absolute atomic E-state index is 0.190. The van der Waals surface area contributed by atoms with Crippen LogP contribution in [0.4, 0.5) is 10.3 Å². The third-order valence-corrected chi connectivity index (χ3v) is 4.87. The van der Waals surface area contributed by atoms with Crippen LogP contribution in [0.2, 0.25) is 0 Å². The molecule has 1 unspecified atom stereocenters. The fourth-order valence-corrected chi connectivity index (χ4v) is 3.35. The van der Waals surface area contributed by atoms with Gasteiger partial charge in [-0.25, -0.2) is 14.4 Å². The van der Waals surface area contributed by atoms with Gasteiger partial charge in [-0.1, -0.05) is 19.1 Å². The average molecular weight is 356 g/mol. The number of halogens is 1. The van der Waals surface area contributed by atoms with Gasteiger partial charge in [0.2, 0.25) is 5.95 Å². The number of amides is 1. The Morgan fingerprint density at radius 3 is 2.65 bits per heavy atom. The van der Waals surface area contributed by atoms with E-state index in [0.29, 0.717) is 30.5 Å². The third kappa shape index (κ3) is 4.56. The Balaban J connectivity index is 1.54. The summed E-state index contributed by atoms with van der Waals surface area (Å²) >= 11 is 0. The molecule has 5 nitrogen and oxygen atoms in total. The maximum atomic E-state index is 12.9. The molecular weight excluding hydrogens is 331 g/mol. The fourth-order valence-electron chi connectivity index (χ4n) is 3.35. The Labute approximate surface area is 153 Å². The highest BCUT2D eigenvalue weighted by Gasteiger charge is 2.23. The van der Waals surface area contributed by atoms with Crippen molar-refractivity contribution in [3.05, 3.63) is 53.6 Å². The molecule has 1 aromatic carbocycles. The van der Waals surface area contributed by atoms with Crippen LogP contribution in [0, 0.1) is 5.82 Å². The van der Waals surface area contributed by atoms with Gasteiger partial charge in [-0.05, 0) is 49.8 Å². The Morgan fingerprint density at radius 1 is 1.23 bits per heavy atom. The second-order valence-corrected chi connectivity index (χ2v) is 6.66. The lowest BCUT2D eigenvalue weighted by Crippen LogP contribution is -2.40. The molecule has 1 fully saturated rings. The Kier molecular flexibility index (Phi) is 6.15. The number of aromatic nitrogens is 2. The molecule has 0 aliphatic carbocycles. The lowest BCUT2D eigenvalue weighted by Gasteiger charge is -2.35. The van der Waals surface area contributed by atoms with Crippen molar-refractivity contribution < 1.29 is 9.18 Å². The van der Waals surface area contributed by atoms with Crippen molar-refractivity contribution in [3.8, 4) is 0 Å². The molecule has 1 atom stereocenters. The molecule has 0 saturated carbocycles.